The molecule has 1 aliphatic heterocycles. The van der Waals surface area contributed by atoms with Crippen molar-refractivity contribution in [1.29, 1.82) is 0 Å². The van der Waals surface area contributed by atoms with Gasteiger partial charge in [0.15, 0.2) is 0 Å². The maximum absolute atomic E-state index is 4.79. The monoisotopic (exact) mass is 322 g/mol. The Morgan fingerprint density at radius 1 is 1.28 bits per heavy atom. The third-order valence-corrected chi connectivity index (χ3v) is 4.93. The molecule has 18 heavy (non-hydrogen) atoms. The second-order valence-electron chi connectivity index (χ2n) is 4.55. The summed E-state index contributed by atoms with van der Waals surface area (Å²) < 4.78 is 1.11. The highest BCUT2D eigenvalue weighted by molar-refractivity contribution is 9.10. The molecule has 2 aromatic rings. The molecule has 1 aromatic heterocycles. The average molecular weight is 323 g/mol. The van der Waals surface area contributed by atoms with Gasteiger partial charge in [-0.05, 0) is 25.5 Å². The molecular formula is C14H15BrN2S. The normalized spacial score (nSPS) is 19.9. The van der Waals surface area contributed by atoms with Gasteiger partial charge in [-0.1, -0.05) is 40.5 Å². The van der Waals surface area contributed by atoms with Gasteiger partial charge in [0, 0.05) is 15.4 Å². The molecule has 0 amide bonds. The van der Waals surface area contributed by atoms with E-state index in [1.165, 1.54) is 29.8 Å². The Morgan fingerprint density at radius 2 is 2.17 bits per heavy atom. The SMILES string of the molecule is Brc1ccccc1-c1csc(C2CCCCN2)n1. The van der Waals surface area contributed by atoms with Crippen LogP contribution in [-0.2, 0) is 0 Å². The lowest BCUT2D eigenvalue weighted by Crippen LogP contribution is -2.26. The van der Waals surface area contributed by atoms with Gasteiger partial charge in [-0.25, -0.2) is 4.98 Å². The van der Waals surface area contributed by atoms with Crippen molar-refractivity contribution in [2.45, 2.75) is 25.3 Å². The first-order valence-electron chi connectivity index (χ1n) is 6.28. The zero-order valence-corrected chi connectivity index (χ0v) is 12.4. The second kappa shape index (κ2) is 5.51. The highest BCUT2D eigenvalue weighted by Crippen LogP contribution is 2.32. The highest BCUT2D eigenvalue weighted by atomic mass is 79.9. The van der Waals surface area contributed by atoms with Crippen LogP contribution >= 0.6 is 27.3 Å². The molecule has 1 N–H and O–H groups in total. The summed E-state index contributed by atoms with van der Waals surface area (Å²) in [6.45, 7) is 1.12. The molecular weight excluding hydrogens is 308 g/mol. The molecule has 3 rings (SSSR count). The van der Waals surface area contributed by atoms with E-state index >= 15 is 0 Å². The number of nitrogens with one attached hydrogen (secondary N) is 1. The number of piperidine rings is 1. The number of halogens is 1. The predicted molar refractivity (Wildman–Crippen MR) is 79.8 cm³/mol. The van der Waals surface area contributed by atoms with Gasteiger partial charge in [-0.15, -0.1) is 11.3 Å². The third kappa shape index (κ3) is 2.51. The quantitative estimate of drug-likeness (QED) is 0.887. The van der Waals surface area contributed by atoms with Crippen molar-refractivity contribution in [1.82, 2.24) is 10.3 Å². The summed E-state index contributed by atoms with van der Waals surface area (Å²) in [5.74, 6) is 0. The first-order valence-corrected chi connectivity index (χ1v) is 7.95. The van der Waals surface area contributed by atoms with Gasteiger partial charge < -0.3 is 5.32 Å². The van der Waals surface area contributed by atoms with E-state index in [9.17, 15) is 0 Å². The van der Waals surface area contributed by atoms with Crippen molar-refractivity contribution in [3.8, 4) is 11.3 Å². The molecule has 0 bridgehead atoms. The fourth-order valence-corrected chi connectivity index (χ4v) is 3.72. The Balaban J connectivity index is 1.87. The molecule has 0 spiro atoms. The molecule has 1 aliphatic rings. The smallest absolute Gasteiger partial charge is 0.110 e. The molecule has 1 atom stereocenters. The lowest BCUT2D eigenvalue weighted by atomic mass is 10.1. The highest BCUT2D eigenvalue weighted by Gasteiger charge is 2.18. The van der Waals surface area contributed by atoms with Crippen LogP contribution in [0.5, 0.6) is 0 Å². The van der Waals surface area contributed by atoms with Crippen LogP contribution in [0.15, 0.2) is 34.1 Å². The van der Waals surface area contributed by atoms with E-state index in [2.05, 4.69) is 44.8 Å². The van der Waals surface area contributed by atoms with Crippen LogP contribution in [0.3, 0.4) is 0 Å². The molecule has 0 saturated carbocycles. The van der Waals surface area contributed by atoms with E-state index < -0.39 is 0 Å². The first kappa shape index (κ1) is 12.3. The minimum atomic E-state index is 0.458. The molecule has 4 heteroatoms. The van der Waals surface area contributed by atoms with Crippen LogP contribution in [0.2, 0.25) is 0 Å². The predicted octanol–water partition coefficient (Wildman–Crippen LogP) is 4.39. The van der Waals surface area contributed by atoms with Gasteiger partial charge in [0.2, 0.25) is 0 Å². The van der Waals surface area contributed by atoms with Crippen LogP contribution in [0, 0.1) is 0 Å². The molecule has 0 aliphatic carbocycles. The Hall–Kier alpha value is -0.710. The Bertz CT molecular complexity index is 532. The Morgan fingerprint density at radius 3 is 2.94 bits per heavy atom. The maximum atomic E-state index is 4.79. The van der Waals surface area contributed by atoms with E-state index in [0.29, 0.717) is 6.04 Å². The summed E-state index contributed by atoms with van der Waals surface area (Å²) >= 11 is 5.35. The van der Waals surface area contributed by atoms with Gasteiger partial charge in [0.1, 0.15) is 5.01 Å². The lowest BCUT2D eigenvalue weighted by Gasteiger charge is -2.21. The topological polar surface area (TPSA) is 24.9 Å². The summed E-state index contributed by atoms with van der Waals surface area (Å²) in [4.78, 5) is 4.79. The van der Waals surface area contributed by atoms with Crippen molar-refractivity contribution in [3.05, 3.63) is 39.1 Å². The molecule has 1 unspecified atom stereocenters. The molecule has 1 fully saturated rings. The molecule has 94 valence electrons. The number of nitrogens with zero attached hydrogens (tertiary/aromatic N) is 1. The van der Waals surface area contributed by atoms with Crippen LogP contribution in [-0.4, -0.2) is 11.5 Å². The zero-order chi connectivity index (χ0) is 12.4. The van der Waals surface area contributed by atoms with Crippen LogP contribution in [0.1, 0.15) is 30.3 Å². The van der Waals surface area contributed by atoms with E-state index in [0.717, 1.165) is 16.7 Å². The van der Waals surface area contributed by atoms with Crippen molar-refractivity contribution in [2.24, 2.45) is 0 Å². The second-order valence-corrected chi connectivity index (χ2v) is 6.30. The fourth-order valence-electron chi connectivity index (χ4n) is 2.30. The van der Waals surface area contributed by atoms with Crippen molar-refractivity contribution >= 4 is 27.3 Å². The summed E-state index contributed by atoms with van der Waals surface area (Å²) in [6.07, 6.45) is 3.81. The van der Waals surface area contributed by atoms with E-state index in [1.54, 1.807) is 11.3 Å². The van der Waals surface area contributed by atoms with Crippen molar-refractivity contribution in [2.75, 3.05) is 6.54 Å². The number of hydrogen-bond donors (Lipinski definition) is 1. The van der Waals surface area contributed by atoms with Crippen LogP contribution in [0.25, 0.3) is 11.3 Å². The lowest BCUT2D eigenvalue weighted by molar-refractivity contribution is 0.411. The van der Waals surface area contributed by atoms with Crippen LogP contribution < -0.4 is 5.32 Å². The average Bonchev–Trinajstić information content (AvgIpc) is 2.90. The molecule has 1 saturated heterocycles. The molecule has 2 nitrogen and oxygen atoms in total. The summed E-state index contributed by atoms with van der Waals surface area (Å²) in [7, 11) is 0. The summed E-state index contributed by atoms with van der Waals surface area (Å²) in [5, 5.41) is 6.93. The van der Waals surface area contributed by atoms with Gasteiger partial charge in [0.05, 0.1) is 11.7 Å². The number of benzene rings is 1. The summed E-state index contributed by atoms with van der Waals surface area (Å²) in [6, 6.07) is 8.71. The zero-order valence-electron chi connectivity index (χ0n) is 10.0. The molecule has 1 aromatic carbocycles. The number of aromatic nitrogens is 1. The molecule has 2 heterocycles. The third-order valence-electron chi connectivity index (χ3n) is 3.28. The minimum absolute atomic E-state index is 0.458. The number of rotatable bonds is 2. The van der Waals surface area contributed by atoms with Gasteiger partial charge in [-0.3, -0.25) is 0 Å². The Kier molecular flexibility index (Phi) is 3.77. The standard InChI is InChI=1S/C14H15BrN2S/c15-11-6-2-1-5-10(11)13-9-18-14(17-13)12-7-3-4-8-16-12/h1-2,5-6,9,12,16H,3-4,7-8H2. The van der Waals surface area contributed by atoms with E-state index in [-0.39, 0.29) is 0 Å². The van der Waals surface area contributed by atoms with Crippen molar-refractivity contribution in [3.63, 3.8) is 0 Å². The van der Waals surface area contributed by atoms with Crippen molar-refractivity contribution < 1.29 is 0 Å². The Labute approximate surface area is 120 Å². The summed E-state index contributed by atoms with van der Waals surface area (Å²) in [5.41, 5.74) is 2.26. The number of thiazole rings is 1. The van der Waals surface area contributed by atoms with E-state index in [1.807, 2.05) is 6.07 Å². The fraction of sp³-hybridized carbons (Fsp3) is 0.357. The van der Waals surface area contributed by atoms with Gasteiger partial charge in [0.25, 0.3) is 0 Å². The largest absolute Gasteiger partial charge is 0.308 e. The maximum Gasteiger partial charge on any atom is 0.110 e. The number of hydrogen-bond acceptors (Lipinski definition) is 3. The van der Waals surface area contributed by atoms with Gasteiger partial charge >= 0.3 is 0 Å². The first-order chi connectivity index (χ1) is 8.84. The van der Waals surface area contributed by atoms with E-state index in [4.69, 9.17) is 4.98 Å². The minimum Gasteiger partial charge on any atom is -0.308 e. The van der Waals surface area contributed by atoms with Crippen LogP contribution in [0.4, 0.5) is 0 Å². The molecule has 0 radical (unpaired) electrons. The van der Waals surface area contributed by atoms with Gasteiger partial charge in [-0.2, -0.15) is 0 Å².